The molecule has 0 radical (unpaired) electrons. The molecule has 3 nitrogen and oxygen atoms in total. The molecule has 0 unspecified atom stereocenters. The first kappa shape index (κ1) is 15.6. The van der Waals surface area contributed by atoms with Gasteiger partial charge in [0.2, 0.25) is 0 Å². The molecule has 0 aliphatic heterocycles. The Labute approximate surface area is 128 Å². The van der Waals surface area contributed by atoms with Gasteiger partial charge in [-0.1, -0.05) is 24.6 Å². The predicted octanol–water partition coefficient (Wildman–Crippen LogP) is 4.11. The Kier molecular flexibility index (Phi) is 5.88. The average Bonchev–Trinajstić information content (AvgIpc) is 2.99. The van der Waals surface area contributed by atoms with Crippen LogP contribution in [0.4, 0.5) is 5.69 Å². The lowest BCUT2D eigenvalue weighted by molar-refractivity contribution is 0.503. The average molecular weight is 286 g/mol. The third-order valence-electron chi connectivity index (χ3n) is 3.63. The normalized spacial score (nSPS) is 10.8. The predicted molar refractivity (Wildman–Crippen MR) is 88.6 cm³/mol. The first-order valence-corrected chi connectivity index (χ1v) is 7.82. The van der Waals surface area contributed by atoms with Gasteiger partial charge in [0.25, 0.3) is 0 Å². The van der Waals surface area contributed by atoms with Crippen molar-refractivity contribution in [2.45, 2.75) is 40.3 Å². The molecule has 0 atom stereocenters. The van der Waals surface area contributed by atoms with Crippen molar-refractivity contribution in [1.29, 1.82) is 0 Å². The first-order valence-electron chi connectivity index (χ1n) is 7.82. The highest BCUT2D eigenvalue weighted by atomic mass is 16.3. The molecule has 0 bridgehead atoms. The third-order valence-corrected chi connectivity index (χ3v) is 3.63. The second kappa shape index (κ2) is 7.89. The minimum atomic E-state index is 0.813. The zero-order valence-corrected chi connectivity index (χ0v) is 13.4. The summed E-state index contributed by atoms with van der Waals surface area (Å²) in [6.07, 6.45) is 2.90. The van der Waals surface area contributed by atoms with Crippen LogP contribution in [0.5, 0.6) is 0 Å². The Morgan fingerprint density at radius 2 is 2.05 bits per heavy atom. The van der Waals surface area contributed by atoms with Crippen LogP contribution in [0.25, 0.3) is 0 Å². The Bertz CT molecular complexity index is 534. The molecular weight excluding hydrogens is 260 g/mol. The van der Waals surface area contributed by atoms with Crippen LogP contribution in [0.1, 0.15) is 37.2 Å². The zero-order valence-electron chi connectivity index (χ0n) is 13.4. The van der Waals surface area contributed by atoms with Gasteiger partial charge in [-0.3, -0.25) is 0 Å². The Hall–Kier alpha value is -1.74. The summed E-state index contributed by atoms with van der Waals surface area (Å²) in [5, 5.41) is 3.51. The third kappa shape index (κ3) is 4.36. The lowest BCUT2D eigenvalue weighted by atomic mass is 10.1. The van der Waals surface area contributed by atoms with Gasteiger partial charge in [-0.15, -0.1) is 0 Å². The van der Waals surface area contributed by atoms with Crippen molar-refractivity contribution in [3.63, 3.8) is 0 Å². The summed E-state index contributed by atoms with van der Waals surface area (Å²) in [5.74, 6) is 1.00. The van der Waals surface area contributed by atoms with Gasteiger partial charge in [0.05, 0.1) is 12.8 Å². The van der Waals surface area contributed by atoms with E-state index in [1.54, 1.807) is 6.26 Å². The molecule has 21 heavy (non-hydrogen) atoms. The van der Waals surface area contributed by atoms with E-state index in [-0.39, 0.29) is 0 Å². The Balaban J connectivity index is 2.18. The number of hydrogen-bond acceptors (Lipinski definition) is 3. The van der Waals surface area contributed by atoms with Crippen molar-refractivity contribution in [3.8, 4) is 0 Å². The highest BCUT2D eigenvalue weighted by Gasteiger charge is 2.11. The number of hydrogen-bond donors (Lipinski definition) is 1. The van der Waals surface area contributed by atoms with Crippen molar-refractivity contribution in [2.75, 3.05) is 18.0 Å². The molecule has 0 spiro atoms. The molecule has 0 aliphatic carbocycles. The Morgan fingerprint density at radius 3 is 2.71 bits per heavy atom. The molecule has 0 fully saturated rings. The molecule has 114 valence electrons. The molecule has 2 aromatic rings. The number of anilines is 1. The molecule has 1 heterocycles. The van der Waals surface area contributed by atoms with Gasteiger partial charge < -0.3 is 14.6 Å². The van der Waals surface area contributed by atoms with E-state index in [2.05, 4.69) is 49.2 Å². The van der Waals surface area contributed by atoms with Gasteiger partial charge in [0.15, 0.2) is 0 Å². The van der Waals surface area contributed by atoms with E-state index < -0.39 is 0 Å². The lowest BCUT2D eigenvalue weighted by Crippen LogP contribution is -2.24. The summed E-state index contributed by atoms with van der Waals surface area (Å²) in [6, 6.07) is 10.7. The van der Waals surface area contributed by atoms with E-state index in [0.717, 1.165) is 38.4 Å². The molecule has 0 saturated carbocycles. The van der Waals surface area contributed by atoms with Crippen LogP contribution in [0.2, 0.25) is 0 Å². The van der Waals surface area contributed by atoms with Crippen molar-refractivity contribution >= 4 is 5.69 Å². The molecule has 1 N–H and O–H groups in total. The van der Waals surface area contributed by atoms with Crippen LogP contribution in [0.3, 0.4) is 0 Å². The number of nitrogens with zero attached hydrogens (tertiary/aromatic N) is 1. The highest BCUT2D eigenvalue weighted by Crippen LogP contribution is 2.24. The quantitative estimate of drug-likeness (QED) is 0.740. The topological polar surface area (TPSA) is 28.4 Å². The van der Waals surface area contributed by atoms with Crippen molar-refractivity contribution in [1.82, 2.24) is 5.32 Å². The summed E-state index contributed by atoms with van der Waals surface area (Å²) >= 11 is 0. The van der Waals surface area contributed by atoms with Crippen molar-refractivity contribution in [2.24, 2.45) is 0 Å². The van der Waals surface area contributed by atoms with Crippen LogP contribution in [0.15, 0.2) is 41.0 Å². The largest absolute Gasteiger partial charge is 0.467 e. The van der Waals surface area contributed by atoms with E-state index in [1.165, 1.54) is 16.8 Å². The fraction of sp³-hybridized carbons (Fsp3) is 0.444. The van der Waals surface area contributed by atoms with Crippen LogP contribution in [-0.2, 0) is 13.1 Å². The molecule has 1 aromatic heterocycles. The maximum Gasteiger partial charge on any atom is 0.123 e. The minimum Gasteiger partial charge on any atom is -0.467 e. The van der Waals surface area contributed by atoms with Gasteiger partial charge >= 0.3 is 0 Å². The van der Waals surface area contributed by atoms with Crippen molar-refractivity contribution in [3.05, 3.63) is 53.5 Å². The van der Waals surface area contributed by atoms with Gasteiger partial charge in [-0.05, 0) is 50.6 Å². The Morgan fingerprint density at radius 1 is 1.19 bits per heavy atom. The highest BCUT2D eigenvalue weighted by molar-refractivity contribution is 5.55. The number of furan rings is 1. The SMILES string of the molecule is CCCNCc1cc(C)ccc1N(CC)Cc1ccco1. The fourth-order valence-electron chi connectivity index (χ4n) is 2.52. The summed E-state index contributed by atoms with van der Waals surface area (Å²) < 4.78 is 5.49. The van der Waals surface area contributed by atoms with Crippen LogP contribution >= 0.6 is 0 Å². The van der Waals surface area contributed by atoms with Gasteiger partial charge in [-0.2, -0.15) is 0 Å². The van der Waals surface area contributed by atoms with Gasteiger partial charge in [0, 0.05) is 18.8 Å². The molecular formula is C18H26N2O. The fourth-order valence-corrected chi connectivity index (χ4v) is 2.52. The van der Waals surface area contributed by atoms with Crippen LogP contribution in [0, 0.1) is 6.92 Å². The van der Waals surface area contributed by atoms with E-state index >= 15 is 0 Å². The van der Waals surface area contributed by atoms with Crippen molar-refractivity contribution < 1.29 is 4.42 Å². The number of benzene rings is 1. The second-order valence-electron chi connectivity index (χ2n) is 5.40. The number of rotatable bonds is 8. The standard InChI is InChI=1S/C18H26N2O/c1-4-10-19-13-16-12-15(3)8-9-18(16)20(5-2)14-17-7-6-11-21-17/h6-9,11-12,19H,4-5,10,13-14H2,1-3H3. The number of aryl methyl sites for hydroxylation is 1. The molecule has 3 heteroatoms. The smallest absolute Gasteiger partial charge is 0.123 e. The van der Waals surface area contributed by atoms with E-state index in [1.807, 2.05) is 12.1 Å². The maximum atomic E-state index is 5.49. The van der Waals surface area contributed by atoms with E-state index in [4.69, 9.17) is 4.42 Å². The summed E-state index contributed by atoms with van der Waals surface area (Å²) in [6.45, 7) is 10.3. The maximum absolute atomic E-state index is 5.49. The molecule has 0 saturated heterocycles. The summed E-state index contributed by atoms with van der Waals surface area (Å²) in [5.41, 5.74) is 3.96. The molecule has 0 amide bonds. The summed E-state index contributed by atoms with van der Waals surface area (Å²) in [7, 11) is 0. The zero-order chi connectivity index (χ0) is 15.1. The monoisotopic (exact) mass is 286 g/mol. The molecule has 0 aliphatic rings. The minimum absolute atomic E-state index is 0.813. The molecule has 1 aromatic carbocycles. The van der Waals surface area contributed by atoms with Crippen LogP contribution in [-0.4, -0.2) is 13.1 Å². The first-order chi connectivity index (χ1) is 10.2. The number of nitrogens with one attached hydrogen (secondary N) is 1. The van der Waals surface area contributed by atoms with E-state index in [9.17, 15) is 0 Å². The molecule has 2 rings (SSSR count). The lowest BCUT2D eigenvalue weighted by Gasteiger charge is -2.25. The van der Waals surface area contributed by atoms with Gasteiger partial charge in [-0.25, -0.2) is 0 Å². The van der Waals surface area contributed by atoms with Gasteiger partial charge in [0.1, 0.15) is 5.76 Å². The van der Waals surface area contributed by atoms with Crippen LogP contribution < -0.4 is 10.2 Å². The summed E-state index contributed by atoms with van der Waals surface area (Å²) in [4.78, 5) is 2.36. The van der Waals surface area contributed by atoms with E-state index in [0.29, 0.717) is 0 Å². The second-order valence-corrected chi connectivity index (χ2v) is 5.40.